The molecule has 1 aromatic heterocycles. The number of tetrazole rings is 1. The maximum atomic E-state index is 6.01. The van der Waals surface area contributed by atoms with E-state index in [2.05, 4.69) is 22.4 Å². The number of nitrogens with zero attached hydrogens (tertiary/aromatic N) is 4. The lowest BCUT2D eigenvalue weighted by Crippen LogP contribution is -2.15. The minimum Gasteiger partial charge on any atom is -0.398 e. The van der Waals surface area contributed by atoms with Crippen LogP contribution in [0.3, 0.4) is 0 Å². The van der Waals surface area contributed by atoms with E-state index in [0.29, 0.717) is 12.0 Å². The van der Waals surface area contributed by atoms with E-state index in [1.807, 2.05) is 28.9 Å². The minimum atomic E-state index is 0.398. The maximum Gasteiger partial charge on any atom is 0.184 e. The zero-order valence-corrected chi connectivity index (χ0v) is 10.5. The van der Waals surface area contributed by atoms with E-state index in [-0.39, 0.29) is 0 Å². The van der Waals surface area contributed by atoms with Crippen molar-refractivity contribution in [3.63, 3.8) is 0 Å². The lowest BCUT2D eigenvalue weighted by Gasteiger charge is -2.17. The summed E-state index contributed by atoms with van der Waals surface area (Å²) in [7, 11) is 0. The number of benzene rings is 1. The number of hydrogen-bond donors (Lipinski definition) is 1. The Morgan fingerprint density at radius 1 is 1.28 bits per heavy atom. The molecule has 0 radical (unpaired) electrons. The maximum absolute atomic E-state index is 6.01. The molecule has 2 atom stereocenters. The Labute approximate surface area is 106 Å². The van der Waals surface area contributed by atoms with Crippen LogP contribution in [0.4, 0.5) is 5.69 Å². The number of nitrogens with two attached hydrogens (primary N) is 1. The van der Waals surface area contributed by atoms with Gasteiger partial charge in [-0.2, -0.15) is 0 Å². The monoisotopic (exact) mass is 243 g/mol. The summed E-state index contributed by atoms with van der Waals surface area (Å²) >= 11 is 0. The average Bonchev–Trinajstić information content (AvgIpc) is 2.98. The van der Waals surface area contributed by atoms with Gasteiger partial charge in [-0.3, -0.25) is 0 Å². The Kier molecular flexibility index (Phi) is 2.74. The first kappa shape index (κ1) is 11.2. The molecule has 1 heterocycles. The van der Waals surface area contributed by atoms with Gasteiger partial charge in [0.25, 0.3) is 0 Å². The summed E-state index contributed by atoms with van der Waals surface area (Å²) in [5, 5.41) is 12.1. The van der Waals surface area contributed by atoms with Crippen molar-refractivity contribution in [1.82, 2.24) is 20.2 Å². The molecule has 0 bridgehead atoms. The Balaban J connectivity index is 2.04. The van der Waals surface area contributed by atoms with Crippen LogP contribution in [0.1, 0.15) is 32.2 Å². The second kappa shape index (κ2) is 4.40. The number of aromatic nitrogens is 4. The fourth-order valence-electron chi connectivity index (χ4n) is 2.78. The lowest BCUT2D eigenvalue weighted by atomic mass is 10.1. The van der Waals surface area contributed by atoms with Crippen LogP contribution >= 0.6 is 0 Å². The van der Waals surface area contributed by atoms with Gasteiger partial charge in [0.2, 0.25) is 0 Å². The molecule has 1 fully saturated rings. The Bertz CT molecular complexity index is 548. The summed E-state index contributed by atoms with van der Waals surface area (Å²) in [6.07, 6.45) is 3.63. The highest BCUT2D eigenvalue weighted by Gasteiger charge is 2.28. The number of nitrogen functional groups attached to an aromatic ring is 1. The molecule has 1 aliphatic rings. The van der Waals surface area contributed by atoms with Crippen LogP contribution in [-0.2, 0) is 0 Å². The molecular formula is C13H17N5. The van der Waals surface area contributed by atoms with Crippen molar-refractivity contribution in [2.75, 3.05) is 5.73 Å². The highest BCUT2D eigenvalue weighted by Crippen LogP contribution is 2.37. The van der Waals surface area contributed by atoms with Crippen LogP contribution in [0.5, 0.6) is 0 Å². The molecule has 1 aromatic carbocycles. The van der Waals surface area contributed by atoms with Crippen molar-refractivity contribution in [3.8, 4) is 11.4 Å². The predicted octanol–water partition coefficient (Wildman–Crippen LogP) is 2.28. The SMILES string of the molecule is CC1CCCC1n1nnnc1-c1ccccc1N. The predicted molar refractivity (Wildman–Crippen MR) is 69.7 cm³/mol. The molecule has 0 saturated heterocycles. The van der Waals surface area contributed by atoms with Gasteiger partial charge in [0.1, 0.15) is 0 Å². The van der Waals surface area contributed by atoms with Crippen LogP contribution in [0, 0.1) is 5.92 Å². The topological polar surface area (TPSA) is 69.6 Å². The quantitative estimate of drug-likeness (QED) is 0.821. The van der Waals surface area contributed by atoms with Crippen molar-refractivity contribution in [2.45, 2.75) is 32.2 Å². The van der Waals surface area contributed by atoms with Gasteiger partial charge < -0.3 is 5.73 Å². The zero-order chi connectivity index (χ0) is 12.5. The summed E-state index contributed by atoms with van der Waals surface area (Å²) in [6.45, 7) is 2.26. The zero-order valence-electron chi connectivity index (χ0n) is 10.5. The smallest absolute Gasteiger partial charge is 0.184 e. The van der Waals surface area contributed by atoms with Crippen LogP contribution in [0.25, 0.3) is 11.4 Å². The summed E-state index contributed by atoms with van der Waals surface area (Å²) in [6, 6.07) is 8.13. The van der Waals surface area contributed by atoms with Crippen LogP contribution in [0.15, 0.2) is 24.3 Å². The third kappa shape index (κ3) is 1.75. The van der Waals surface area contributed by atoms with Gasteiger partial charge in [-0.1, -0.05) is 25.5 Å². The molecule has 1 aliphatic carbocycles. The van der Waals surface area contributed by atoms with Gasteiger partial charge in [-0.25, -0.2) is 4.68 Å². The molecule has 2 aromatic rings. The first-order chi connectivity index (χ1) is 8.77. The number of para-hydroxylation sites is 1. The molecule has 5 nitrogen and oxygen atoms in total. The Morgan fingerprint density at radius 3 is 2.83 bits per heavy atom. The summed E-state index contributed by atoms with van der Waals surface area (Å²) < 4.78 is 1.95. The minimum absolute atomic E-state index is 0.398. The largest absolute Gasteiger partial charge is 0.398 e. The third-order valence-corrected chi connectivity index (χ3v) is 3.82. The van der Waals surface area contributed by atoms with E-state index in [1.165, 1.54) is 12.8 Å². The summed E-state index contributed by atoms with van der Waals surface area (Å²) in [4.78, 5) is 0. The van der Waals surface area contributed by atoms with Gasteiger partial charge in [0.15, 0.2) is 5.82 Å². The van der Waals surface area contributed by atoms with Gasteiger partial charge in [0.05, 0.1) is 6.04 Å². The summed E-state index contributed by atoms with van der Waals surface area (Å²) in [5.41, 5.74) is 7.64. The van der Waals surface area contributed by atoms with Crippen molar-refractivity contribution in [1.29, 1.82) is 0 Å². The van der Waals surface area contributed by atoms with Crippen LogP contribution < -0.4 is 5.73 Å². The van der Waals surface area contributed by atoms with Crippen molar-refractivity contribution >= 4 is 5.69 Å². The fraction of sp³-hybridized carbons (Fsp3) is 0.462. The van der Waals surface area contributed by atoms with Crippen LogP contribution in [-0.4, -0.2) is 20.2 Å². The van der Waals surface area contributed by atoms with Gasteiger partial charge in [-0.15, -0.1) is 5.10 Å². The molecule has 0 amide bonds. The molecule has 0 spiro atoms. The number of hydrogen-bond acceptors (Lipinski definition) is 4. The second-order valence-corrected chi connectivity index (χ2v) is 5.01. The fourth-order valence-corrected chi connectivity index (χ4v) is 2.78. The first-order valence-electron chi connectivity index (χ1n) is 6.40. The highest BCUT2D eigenvalue weighted by atomic mass is 15.6. The molecule has 2 N–H and O–H groups in total. The second-order valence-electron chi connectivity index (χ2n) is 5.01. The van der Waals surface area contributed by atoms with E-state index in [1.54, 1.807) is 0 Å². The van der Waals surface area contributed by atoms with Crippen molar-refractivity contribution < 1.29 is 0 Å². The Hall–Kier alpha value is -1.91. The van der Waals surface area contributed by atoms with E-state index in [0.717, 1.165) is 23.5 Å². The van der Waals surface area contributed by atoms with Gasteiger partial charge >= 0.3 is 0 Å². The summed E-state index contributed by atoms with van der Waals surface area (Å²) in [5.74, 6) is 1.41. The standard InChI is InChI=1S/C13H17N5/c1-9-5-4-8-12(9)18-13(15-16-17-18)10-6-2-3-7-11(10)14/h2-3,6-7,9,12H,4-5,8,14H2,1H3. The molecular weight excluding hydrogens is 226 g/mol. The van der Waals surface area contributed by atoms with Crippen molar-refractivity contribution in [2.24, 2.45) is 5.92 Å². The van der Waals surface area contributed by atoms with Gasteiger partial charge in [-0.05, 0) is 41.3 Å². The molecule has 94 valence electrons. The molecule has 2 unspecified atom stereocenters. The Morgan fingerprint density at radius 2 is 2.11 bits per heavy atom. The first-order valence-corrected chi connectivity index (χ1v) is 6.40. The van der Waals surface area contributed by atoms with E-state index >= 15 is 0 Å². The van der Waals surface area contributed by atoms with E-state index < -0.39 is 0 Å². The molecule has 3 rings (SSSR count). The normalized spacial score (nSPS) is 23.4. The van der Waals surface area contributed by atoms with E-state index in [9.17, 15) is 0 Å². The molecule has 18 heavy (non-hydrogen) atoms. The number of rotatable bonds is 2. The molecule has 1 saturated carbocycles. The lowest BCUT2D eigenvalue weighted by molar-refractivity contribution is 0.370. The van der Waals surface area contributed by atoms with Crippen molar-refractivity contribution in [3.05, 3.63) is 24.3 Å². The average molecular weight is 243 g/mol. The van der Waals surface area contributed by atoms with E-state index in [4.69, 9.17) is 5.73 Å². The number of anilines is 1. The third-order valence-electron chi connectivity index (χ3n) is 3.82. The molecule has 5 heteroatoms. The van der Waals surface area contributed by atoms with Crippen LogP contribution in [0.2, 0.25) is 0 Å². The molecule has 0 aliphatic heterocycles. The highest BCUT2D eigenvalue weighted by molar-refractivity contribution is 5.71. The van der Waals surface area contributed by atoms with Gasteiger partial charge in [0, 0.05) is 11.3 Å².